The van der Waals surface area contributed by atoms with Crippen molar-refractivity contribution in [3.05, 3.63) is 59.0 Å². The third kappa shape index (κ3) is 5.39. The fourth-order valence-corrected chi connectivity index (χ4v) is 6.84. The van der Waals surface area contributed by atoms with Crippen LogP contribution in [-0.4, -0.2) is 62.8 Å². The average Bonchev–Trinajstić information content (AvgIpc) is 3.62. The van der Waals surface area contributed by atoms with Crippen molar-refractivity contribution < 1.29 is 9.00 Å². The van der Waals surface area contributed by atoms with Gasteiger partial charge in [0.05, 0.1) is 40.1 Å². The highest BCUT2D eigenvalue weighted by molar-refractivity contribution is 7.85. The number of nitrogens with one attached hydrogen (secondary N) is 1. The van der Waals surface area contributed by atoms with Crippen molar-refractivity contribution >= 4 is 22.5 Å². The number of likely N-dealkylation sites (N-methyl/N-ethyl adjacent to an activating group) is 1. The van der Waals surface area contributed by atoms with Crippen LogP contribution in [0.4, 0.5) is 10.5 Å². The SMILES string of the molecule is CCS(=O)c1ccc(CNC(=O)N2CC3(CCCC3)c3nc(-c4c(C)nn(CCN(C)C)c4C)ccc32)cc1. The molecule has 0 radical (unpaired) electrons. The number of hydrogen-bond donors (Lipinski definition) is 1. The Hall–Kier alpha value is -3.04. The zero-order valence-electron chi connectivity index (χ0n) is 23.8. The Morgan fingerprint density at radius 2 is 1.82 bits per heavy atom. The van der Waals surface area contributed by atoms with E-state index in [1.165, 1.54) is 0 Å². The summed E-state index contributed by atoms with van der Waals surface area (Å²) in [6.45, 7) is 8.94. The number of aryl methyl sites for hydroxylation is 1. The molecule has 1 aromatic carbocycles. The number of carbonyl (C=O) groups is 1. The molecular formula is C30H40N6O2S. The lowest BCUT2D eigenvalue weighted by atomic mass is 9.84. The second-order valence-corrected chi connectivity index (χ2v) is 12.9. The van der Waals surface area contributed by atoms with Crippen molar-refractivity contribution in [1.29, 1.82) is 0 Å². The van der Waals surface area contributed by atoms with E-state index in [9.17, 15) is 9.00 Å². The molecule has 1 aliphatic carbocycles. The van der Waals surface area contributed by atoms with Crippen molar-refractivity contribution in [1.82, 2.24) is 25.0 Å². The molecule has 1 unspecified atom stereocenters. The summed E-state index contributed by atoms with van der Waals surface area (Å²) < 4.78 is 14.1. The molecule has 39 heavy (non-hydrogen) atoms. The van der Waals surface area contributed by atoms with E-state index in [4.69, 9.17) is 10.1 Å². The Bertz CT molecular complexity index is 1370. The maximum atomic E-state index is 13.5. The van der Waals surface area contributed by atoms with E-state index in [0.29, 0.717) is 18.8 Å². The van der Waals surface area contributed by atoms with Crippen molar-refractivity contribution in [2.45, 2.75) is 69.9 Å². The van der Waals surface area contributed by atoms with Crippen molar-refractivity contribution in [2.75, 3.05) is 37.8 Å². The molecule has 0 saturated heterocycles. The monoisotopic (exact) mass is 548 g/mol. The first-order chi connectivity index (χ1) is 18.7. The lowest BCUT2D eigenvalue weighted by Crippen LogP contribution is -2.41. The quantitative estimate of drug-likeness (QED) is 0.438. The number of fused-ring (bicyclic) bond motifs is 2. The molecule has 1 N–H and O–H groups in total. The van der Waals surface area contributed by atoms with Gasteiger partial charge in [0, 0.05) is 47.0 Å². The van der Waals surface area contributed by atoms with Gasteiger partial charge in [-0.3, -0.25) is 13.8 Å². The van der Waals surface area contributed by atoms with Crippen molar-refractivity contribution in [3.8, 4) is 11.3 Å². The molecule has 3 heterocycles. The van der Waals surface area contributed by atoms with Crippen molar-refractivity contribution in [2.24, 2.45) is 0 Å². The van der Waals surface area contributed by atoms with E-state index < -0.39 is 10.8 Å². The lowest BCUT2D eigenvalue weighted by Gasteiger charge is -2.24. The molecule has 2 aromatic heterocycles. The van der Waals surface area contributed by atoms with Crippen LogP contribution < -0.4 is 10.2 Å². The Kier molecular flexibility index (Phi) is 7.91. The first-order valence-electron chi connectivity index (χ1n) is 14.0. The number of amides is 2. The minimum Gasteiger partial charge on any atom is -0.334 e. The first-order valence-corrected chi connectivity index (χ1v) is 15.3. The maximum absolute atomic E-state index is 13.5. The van der Waals surface area contributed by atoms with Gasteiger partial charge >= 0.3 is 6.03 Å². The number of rotatable bonds is 8. The average molecular weight is 549 g/mol. The molecule has 3 aromatic rings. The molecule has 1 atom stereocenters. The molecular weight excluding hydrogens is 508 g/mol. The Morgan fingerprint density at radius 1 is 1.10 bits per heavy atom. The molecule has 208 valence electrons. The standard InChI is InChI=1S/C30H40N6O2S/c1-6-39(38)24-11-9-23(10-12-24)19-31-29(37)35-20-30(15-7-8-16-30)28-26(35)14-13-25(32-28)27-21(2)33-36(22(27)3)18-17-34(4)5/h9-14H,6-8,15-20H2,1-5H3,(H,31,37). The van der Waals surface area contributed by atoms with Gasteiger partial charge in [-0.1, -0.05) is 31.9 Å². The number of aromatic nitrogens is 3. The molecule has 9 heteroatoms. The Labute approximate surface area is 234 Å². The van der Waals surface area contributed by atoms with E-state index >= 15 is 0 Å². The van der Waals surface area contributed by atoms with Gasteiger partial charge in [-0.05, 0) is 70.6 Å². The normalized spacial score (nSPS) is 16.7. The van der Waals surface area contributed by atoms with Gasteiger partial charge < -0.3 is 10.2 Å². The van der Waals surface area contributed by atoms with Crippen LogP contribution in [0.15, 0.2) is 41.3 Å². The minimum absolute atomic E-state index is 0.0860. The predicted molar refractivity (Wildman–Crippen MR) is 157 cm³/mol. The number of urea groups is 1. The highest BCUT2D eigenvalue weighted by atomic mass is 32.2. The second-order valence-electron chi connectivity index (χ2n) is 11.1. The predicted octanol–water partition coefficient (Wildman–Crippen LogP) is 4.79. The van der Waals surface area contributed by atoms with Crippen LogP contribution in [-0.2, 0) is 29.3 Å². The number of anilines is 1. The van der Waals surface area contributed by atoms with E-state index in [2.05, 4.69) is 48.9 Å². The lowest BCUT2D eigenvalue weighted by molar-refractivity contribution is 0.245. The molecule has 1 aliphatic heterocycles. The molecule has 2 aliphatic rings. The topological polar surface area (TPSA) is 83.4 Å². The molecule has 8 nitrogen and oxygen atoms in total. The fourth-order valence-electron chi connectivity index (χ4n) is 6.07. The van der Waals surface area contributed by atoms with Crippen molar-refractivity contribution in [3.63, 3.8) is 0 Å². The molecule has 1 saturated carbocycles. The summed E-state index contributed by atoms with van der Waals surface area (Å²) in [5.41, 5.74) is 7.03. The van der Waals surface area contributed by atoms with E-state index in [-0.39, 0.29) is 11.4 Å². The molecule has 5 rings (SSSR count). The van der Waals surface area contributed by atoms with E-state index in [0.717, 1.165) is 83.3 Å². The minimum atomic E-state index is -0.974. The summed E-state index contributed by atoms with van der Waals surface area (Å²) in [6.07, 6.45) is 4.42. The van der Waals surface area contributed by atoms with Gasteiger partial charge in [0.1, 0.15) is 0 Å². The van der Waals surface area contributed by atoms with Crippen LogP contribution in [0.3, 0.4) is 0 Å². The van der Waals surface area contributed by atoms with Gasteiger partial charge in [-0.2, -0.15) is 5.10 Å². The fraction of sp³-hybridized carbons (Fsp3) is 0.500. The highest BCUT2D eigenvalue weighted by Crippen LogP contribution is 2.50. The molecule has 2 amide bonds. The maximum Gasteiger partial charge on any atom is 0.322 e. The van der Waals surface area contributed by atoms with Gasteiger partial charge in [-0.15, -0.1) is 0 Å². The second kappa shape index (κ2) is 11.2. The van der Waals surface area contributed by atoms with Crippen LogP contribution >= 0.6 is 0 Å². The van der Waals surface area contributed by atoms with Gasteiger partial charge in [-0.25, -0.2) is 9.78 Å². The Balaban J connectivity index is 1.39. The third-order valence-corrected chi connectivity index (χ3v) is 9.54. The summed E-state index contributed by atoms with van der Waals surface area (Å²) in [5.74, 6) is 0.597. The van der Waals surface area contributed by atoms with Gasteiger partial charge in [0.25, 0.3) is 0 Å². The van der Waals surface area contributed by atoms with E-state index in [1.807, 2.05) is 42.2 Å². The largest absolute Gasteiger partial charge is 0.334 e. The molecule has 1 fully saturated rings. The summed E-state index contributed by atoms with van der Waals surface area (Å²) in [4.78, 5) is 23.6. The number of pyridine rings is 1. The van der Waals surface area contributed by atoms with Crippen LogP contribution in [0.1, 0.15) is 55.3 Å². The summed E-state index contributed by atoms with van der Waals surface area (Å²) in [7, 11) is 3.17. The zero-order valence-corrected chi connectivity index (χ0v) is 24.6. The summed E-state index contributed by atoms with van der Waals surface area (Å²) in [5, 5.41) is 7.92. The highest BCUT2D eigenvalue weighted by Gasteiger charge is 2.48. The van der Waals surface area contributed by atoms with Crippen LogP contribution in [0.25, 0.3) is 11.3 Å². The summed E-state index contributed by atoms with van der Waals surface area (Å²) in [6, 6.07) is 11.7. The number of carbonyl (C=O) groups excluding carboxylic acids is 1. The molecule has 0 bridgehead atoms. The number of benzene rings is 1. The van der Waals surface area contributed by atoms with Crippen LogP contribution in [0.2, 0.25) is 0 Å². The first kappa shape index (κ1) is 27.5. The van der Waals surface area contributed by atoms with Crippen LogP contribution in [0.5, 0.6) is 0 Å². The van der Waals surface area contributed by atoms with Gasteiger partial charge in [0.2, 0.25) is 0 Å². The van der Waals surface area contributed by atoms with E-state index in [1.54, 1.807) is 0 Å². The number of hydrogen-bond acceptors (Lipinski definition) is 5. The van der Waals surface area contributed by atoms with Gasteiger partial charge in [0.15, 0.2) is 0 Å². The third-order valence-electron chi connectivity index (χ3n) is 8.22. The number of nitrogens with zero attached hydrogens (tertiary/aromatic N) is 5. The smallest absolute Gasteiger partial charge is 0.322 e. The zero-order chi connectivity index (χ0) is 27.7. The van der Waals surface area contributed by atoms with Crippen LogP contribution in [0, 0.1) is 13.8 Å². The summed E-state index contributed by atoms with van der Waals surface area (Å²) >= 11 is 0. The molecule has 1 spiro atoms. The Morgan fingerprint density at radius 3 is 2.49 bits per heavy atom.